The van der Waals surface area contributed by atoms with Gasteiger partial charge in [0, 0.05) is 16.9 Å². The number of hydrogen-bond donors (Lipinski definition) is 0. The van der Waals surface area contributed by atoms with Gasteiger partial charge < -0.3 is 4.42 Å². The highest BCUT2D eigenvalue weighted by Crippen LogP contribution is 2.44. The maximum atomic E-state index is 6.63. The Morgan fingerprint density at radius 2 is 0.817 bits per heavy atom. The van der Waals surface area contributed by atoms with Gasteiger partial charge >= 0.3 is 0 Å². The molecule has 0 N–H and O–H groups in total. The van der Waals surface area contributed by atoms with Crippen molar-refractivity contribution in [2.75, 3.05) is 0 Å². The smallest absolute Gasteiger partial charge is 0.227 e. The first-order chi connectivity index (χ1) is 29.7. The van der Waals surface area contributed by atoms with Crippen molar-refractivity contribution in [1.82, 2.24) is 4.98 Å². The average molecular weight is 766 g/mol. The summed E-state index contributed by atoms with van der Waals surface area (Å²) in [5.41, 5.74) is 15.7. The van der Waals surface area contributed by atoms with Crippen LogP contribution in [0.15, 0.2) is 235 Å². The Kier molecular flexibility index (Phi) is 8.94. The van der Waals surface area contributed by atoms with Gasteiger partial charge in [0.25, 0.3) is 0 Å². The van der Waals surface area contributed by atoms with Gasteiger partial charge in [0.1, 0.15) is 5.52 Å². The number of rotatable bonds is 8. The molecule has 0 spiro atoms. The zero-order valence-electron chi connectivity index (χ0n) is 32.9. The van der Waals surface area contributed by atoms with Crippen LogP contribution in [0.4, 0.5) is 0 Å². The highest BCUT2D eigenvalue weighted by molar-refractivity contribution is 6.12. The maximum Gasteiger partial charge on any atom is 0.227 e. The third-order valence-corrected chi connectivity index (χ3v) is 11.8. The van der Waals surface area contributed by atoms with Crippen LogP contribution in [0.25, 0.3) is 88.6 Å². The molecular formula is C58H39NO. The Hall–Kier alpha value is -7.81. The lowest BCUT2D eigenvalue weighted by Gasteiger charge is -2.22. The van der Waals surface area contributed by atoms with Crippen LogP contribution in [0, 0.1) is 0 Å². The normalized spacial score (nSPS) is 11.5. The third-order valence-electron chi connectivity index (χ3n) is 11.8. The van der Waals surface area contributed by atoms with Crippen LogP contribution in [0.5, 0.6) is 0 Å². The summed E-state index contributed by atoms with van der Waals surface area (Å²) in [4.78, 5) is 5.14. The van der Waals surface area contributed by atoms with Crippen LogP contribution >= 0.6 is 0 Å². The van der Waals surface area contributed by atoms with Crippen molar-refractivity contribution in [2.24, 2.45) is 0 Å². The van der Waals surface area contributed by atoms with E-state index >= 15 is 0 Å². The highest BCUT2D eigenvalue weighted by Gasteiger charge is 2.22. The predicted octanol–water partition coefficient (Wildman–Crippen LogP) is 15.6. The summed E-state index contributed by atoms with van der Waals surface area (Å²) in [6.07, 6.45) is 0. The van der Waals surface area contributed by atoms with Gasteiger partial charge in [-0.05, 0) is 102 Å². The Morgan fingerprint density at radius 1 is 0.317 bits per heavy atom. The molecule has 0 saturated carbocycles. The number of hydrogen-bond acceptors (Lipinski definition) is 2. The van der Waals surface area contributed by atoms with Crippen LogP contribution in [0.1, 0.15) is 22.6 Å². The van der Waals surface area contributed by atoms with Crippen molar-refractivity contribution >= 4 is 32.6 Å². The maximum absolute atomic E-state index is 6.63. The number of fused-ring (bicyclic) bond motifs is 4. The molecule has 10 aromatic carbocycles. The lowest BCUT2D eigenvalue weighted by Crippen LogP contribution is -2.04. The fourth-order valence-corrected chi connectivity index (χ4v) is 8.83. The van der Waals surface area contributed by atoms with E-state index in [-0.39, 0.29) is 5.92 Å². The molecule has 282 valence electrons. The molecule has 1 heterocycles. The highest BCUT2D eigenvalue weighted by atomic mass is 16.3. The van der Waals surface area contributed by atoms with Gasteiger partial charge in [0.05, 0.1) is 0 Å². The first-order valence-electron chi connectivity index (χ1n) is 20.6. The van der Waals surface area contributed by atoms with E-state index in [2.05, 4.69) is 231 Å². The summed E-state index contributed by atoms with van der Waals surface area (Å²) in [6, 6.07) is 82.8. The largest absolute Gasteiger partial charge is 0.435 e. The van der Waals surface area contributed by atoms with E-state index in [0.29, 0.717) is 5.89 Å². The molecule has 0 bridgehead atoms. The van der Waals surface area contributed by atoms with E-state index < -0.39 is 0 Å². The van der Waals surface area contributed by atoms with Gasteiger partial charge in [-0.2, -0.15) is 0 Å². The van der Waals surface area contributed by atoms with E-state index in [0.717, 1.165) is 49.5 Å². The number of oxazole rings is 1. The Labute approximate surface area is 349 Å². The summed E-state index contributed by atoms with van der Waals surface area (Å²) >= 11 is 0. The summed E-state index contributed by atoms with van der Waals surface area (Å²) < 4.78 is 6.63. The predicted molar refractivity (Wildman–Crippen MR) is 250 cm³/mol. The molecule has 60 heavy (non-hydrogen) atoms. The van der Waals surface area contributed by atoms with Gasteiger partial charge in [0.15, 0.2) is 5.58 Å². The molecule has 0 aliphatic rings. The van der Waals surface area contributed by atoms with Crippen LogP contribution in [0.3, 0.4) is 0 Å². The molecule has 0 radical (unpaired) electrons. The summed E-state index contributed by atoms with van der Waals surface area (Å²) in [6.45, 7) is 0. The second-order valence-corrected chi connectivity index (χ2v) is 15.5. The molecule has 2 nitrogen and oxygen atoms in total. The van der Waals surface area contributed by atoms with Crippen molar-refractivity contribution in [2.45, 2.75) is 5.92 Å². The molecule has 1 aromatic heterocycles. The van der Waals surface area contributed by atoms with E-state index in [1.165, 1.54) is 49.9 Å². The lowest BCUT2D eigenvalue weighted by atomic mass is 9.81. The number of aromatic nitrogens is 1. The van der Waals surface area contributed by atoms with Crippen molar-refractivity contribution in [1.29, 1.82) is 0 Å². The molecule has 11 rings (SSSR count). The molecule has 0 atom stereocenters. The Bertz CT molecular complexity index is 3190. The number of benzene rings is 10. The standard InChI is InChI=1S/C58H39NO/c1-4-14-39(15-5-1)42-24-29-45(30-25-42)56(46-31-26-43(27-32-46)40-16-6-2-7-17-40)48-34-35-51(53(37-48)44-19-8-3-9-20-44)54-38-55-57(52-23-13-12-22-50(52)54)60-58(59-55)49-33-28-41-18-10-11-21-47(41)36-49/h1-38,56H. The SMILES string of the molecule is c1ccc(-c2ccc(C(c3ccc(-c4ccccc4)cc3)c3ccc(-c4cc5nc(-c6ccc7ccccc7c6)oc5c5ccccc45)c(-c4ccccc4)c3)cc2)cc1. The summed E-state index contributed by atoms with van der Waals surface area (Å²) in [5, 5.41) is 4.52. The minimum Gasteiger partial charge on any atom is -0.435 e. The quantitative estimate of drug-likeness (QED) is 0.144. The first kappa shape index (κ1) is 35.4. The molecule has 0 aliphatic heterocycles. The topological polar surface area (TPSA) is 26.0 Å². The average Bonchev–Trinajstić information content (AvgIpc) is 3.77. The van der Waals surface area contributed by atoms with Crippen LogP contribution < -0.4 is 0 Å². The van der Waals surface area contributed by atoms with Crippen LogP contribution in [-0.4, -0.2) is 4.98 Å². The van der Waals surface area contributed by atoms with E-state index in [1.807, 2.05) is 0 Å². The minimum absolute atomic E-state index is 0.00423. The van der Waals surface area contributed by atoms with E-state index in [4.69, 9.17) is 9.40 Å². The van der Waals surface area contributed by atoms with Crippen LogP contribution in [-0.2, 0) is 0 Å². The molecular weight excluding hydrogens is 727 g/mol. The summed E-state index contributed by atoms with van der Waals surface area (Å²) in [5.74, 6) is 0.617. The molecule has 0 aliphatic carbocycles. The molecule has 0 amide bonds. The molecule has 0 fully saturated rings. The van der Waals surface area contributed by atoms with Gasteiger partial charge in [0.2, 0.25) is 5.89 Å². The minimum atomic E-state index is -0.00423. The second-order valence-electron chi connectivity index (χ2n) is 15.5. The fourth-order valence-electron chi connectivity index (χ4n) is 8.83. The third kappa shape index (κ3) is 6.55. The van der Waals surface area contributed by atoms with Gasteiger partial charge in [-0.3, -0.25) is 0 Å². The van der Waals surface area contributed by atoms with Gasteiger partial charge in [-0.15, -0.1) is 0 Å². The molecule has 0 saturated heterocycles. The zero-order chi connectivity index (χ0) is 39.8. The first-order valence-corrected chi connectivity index (χ1v) is 20.6. The van der Waals surface area contributed by atoms with Crippen molar-refractivity contribution in [3.63, 3.8) is 0 Å². The number of nitrogens with zero attached hydrogens (tertiary/aromatic N) is 1. The lowest BCUT2D eigenvalue weighted by molar-refractivity contribution is 0.623. The van der Waals surface area contributed by atoms with E-state index in [9.17, 15) is 0 Å². The molecule has 0 unspecified atom stereocenters. The Balaban J connectivity index is 1.08. The Morgan fingerprint density at radius 3 is 1.45 bits per heavy atom. The van der Waals surface area contributed by atoms with Crippen molar-refractivity contribution in [3.05, 3.63) is 247 Å². The van der Waals surface area contributed by atoms with Gasteiger partial charge in [-0.25, -0.2) is 4.98 Å². The molecule has 11 aromatic rings. The van der Waals surface area contributed by atoms with Gasteiger partial charge in [-0.1, -0.05) is 206 Å². The monoisotopic (exact) mass is 765 g/mol. The van der Waals surface area contributed by atoms with Crippen molar-refractivity contribution < 1.29 is 4.42 Å². The molecule has 2 heteroatoms. The zero-order valence-corrected chi connectivity index (χ0v) is 32.9. The summed E-state index contributed by atoms with van der Waals surface area (Å²) in [7, 11) is 0. The van der Waals surface area contributed by atoms with Crippen molar-refractivity contribution in [3.8, 4) is 56.0 Å². The second kappa shape index (κ2) is 15.2. The van der Waals surface area contributed by atoms with E-state index in [1.54, 1.807) is 0 Å². The fraction of sp³-hybridized carbons (Fsp3) is 0.0172. The van der Waals surface area contributed by atoms with Crippen LogP contribution in [0.2, 0.25) is 0 Å².